The van der Waals surface area contributed by atoms with Crippen molar-refractivity contribution < 1.29 is 13.9 Å². The molecule has 4 rings (SSSR count). The lowest BCUT2D eigenvalue weighted by atomic mass is 10.1. The summed E-state index contributed by atoms with van der Waals surface area (Å²) in [5.74, 6) is 1.69. The summed E-state index contributed by atoms with van der Waals surface area (Å²) in [7, 11) is 0. The molecule has 0 atom stereocenters. The van der Waals surface area contributed by atoms with E-state index in [0.717, 1.165) is 35.3 Å². The van der Waals surface area contributed by atoms with E-state index in [0.29, 0.717) is 23.7 Å². The second-order valence-corrected chi connectivity index (χ2v) is 7.11. The number of amides is 1. The Morgan fingerprint density at radius 1 is 1.15 bits per heavy atom. The zero-order valence-electron chi connectivity index (χ0n) is 14.6. The van der Waals surface area contributed by atoms with Crippen molar-refractivity contribution in [3.8, 4) is 5.75 Å². The van der Waals surface area contributed by atoms with Crippen LogP contribution in [0, 0.1) is 6.92 Å². The zero-order valence-corrected chi connectivity index (χ0v) is 15.3. The fourth-order valence-corrected chi connectivity index (χ4v) is 3.58. The zero-order chi connectivity index (χ0) is 18.1. The van der Waals surface area contributed by atoms with E-state index in [9.17, 15) is 4.79 Å². The minimum Gasteiger partial charge on any atom is -0.490 e. The number of likely N-dealkylation sites (tertiary alicyclic amines) is 1. The molecule has 0 radical (unpaired) electrons. The highest BCUT2D eigenvalue weighted by Crippen LogP contribution is 2.24. The summed E-state index contributed by atoms with van der Waals surface area (Å²) < 4.78 is 11.6. The number of nitrogens with zero attached hydrogens (tertiary/aromatic N) is 1. The lowest BCUT2D eigenvalue weighted by Gasteiger charge is -2.32. The molecule has 1 amide bonds. The molecule has 2 aromatic carbocycles. The Bertz CT molecular complexity index is 941. The summed E-state index contributed by atoms with van der Waals surface area (Å²) in [4.78, 5) is 14.7. The molecular formula is C21H20ClNO3. The molecule has 2 heterocycles. The van der Waals surface area contributed by atoms with E-state index in [-0.39, 0.29) is 12.0 Å². The lowest BCUT2D eigenvalue weighted by Crippen LogP contribution is -2.41. The molecule has 1 aromatic heterocycles. The number of piperidine rings is 1. The SMILES string of the molecule is Cc1cc2cc(C(=O)N3CCC(Oc4cccc(Cl)c4)CC3)ccc2o1. The molecule has 0 bridgehead atoms. The summed E-state index contributed by atoms with van der Waals surface area (Å²) in [6, 6.07) is 15.0. The third kappa shape index (κ3) is 3.56. The molecule has 0 N–H and O–H groups in total. The van der Waals surface area contributed by atoms with Crippen LogP contribution in [0.25, 0.3) is 11.0 Å². The maximum atomic E-state index is 12.8. The topological polar surface area (TPSA) is 42.7 Å². The number of carbonyl (C=O) groups is 1. The van der Waals surface area contributed by atoms with Gasteiger partial charge in [0.25, 0.3) is 5.91 Å². The molecule has 26 heavy (non-hydrogen) atoms. The summed E-state index contributed by atoms with van der Waals surface area (Å²) in [5.41, 5.74) is 1.51. The summed E-state index contributed by atoms with van der Waals surface area (Å²) in [5, 5.41) is 1.63. The van der Waals surface area contributed by atoms with Crippen molar-refractivity contribution in [1.29, 1.82) is 0 Å². The van der Waals surface area contributed by atoms with Gasteiger partial charge < -0.3 is 14.1 Å². The summed E-state index contributed by atoms with van der Waals surface area (Å²) in [6.07, 6.45) is 1.73. The van der Waals surface area contributed by atoms with Crippen LogP contribution in [0.5, 0.6) is 5.75 Å². The smallest absolute Gasteiger partial charge is 0.253 e. The maximum absolute atomic E-state index is 12.8. The van der Waals surface area contributed by atoms with E-state index in [1.165, 1.54) is 0 Å². The molecule has 4 nitrogen and oxygen atoms in total. The van der Waals surface area contributed by atoms with E-state index in [1.807, 2.05) is 60.4 Å². The van der Waals surface area contributed by atoms with Crippen molar-refractivity contribution in [2.75, 3.05) is 13.1 Å². The molecule has 134 valence electrons. The molecule has 0 unspecified atom stereocenters. The monoisotopic (exact) mass is 369 g/mol. The van der Waals surface area contributed by atoms with Gasteiger partial charge in [-0.1, -0.05) is 17.7 Å². The first kappa shape index (κ1) is 17.0. The van der Waals surface area contributed by atoms with Gasteiger partial charge in [-0.2, -0.15) is 0 Å². The highest BCUT2D eigenvalue weighted by atomic mass is 35.5. The number of aryl methyl sites for hydroxylation is 1. The van der Waals surface area contributed by atoms with Crippen LogP contribution in [-0.2, 0) is 0 Å². The van der Waals surface area contributed by atoms with Gasteiger partial charge in [0.1, 0.15) is 23.2 Å². The van der Waals surface area contributed by atoms with E-state index >= 15 is 0 Å². The van der Waals surface area contributed by atoms with Crippen LogP contribution in [0.3, 0.4) is 0 Å². The Hall–Kier alpha value is -2.46. The van der Waals surface area contributed by atoms with Gasteiger partial charge in [0, 0.05) is 41.9 Å². The van der Waals surface area contributed by atoms with Gasteiger partial charge in [-0.15, -0.1) is 0 Å². The molecular weight excluding hydrogens is 350 g/mol. The third-order valence-electron chi connectivity index (χ3n) is 4.71. The quantitative estimate of drug-likeness (QED) is 0.646. The van der Waals surface area contributed by atoms with E-state index in [1.54, 1.807) is 0 Å². The number of ether oxygens (including phenoxy) is 1. The number of carbonyl (C=O) groups excluding carboxylic acids is 1. The Kier molecular flexibility index (Phi) is 4.60. The van der Waals surface area contributed by atoms with Crippen LogP contribution in [-0.4, -0.2) is 30.0 Å². The standard InChI is InChI=1S/C21H20ClNO3/c1-14-11-16-12-15(5-6-20(16)25-14)21(24)23-9-7-18(8-10-23)26-19-4-2-3-17(22)13-19/h2-6,11-13,18H,7-10H2,1H3. The van der Waals surface area contributed by atoms with Crippen molar-refractivity contribution in [3.63, 3.8) is 0 Å². The van der Waals surface area contributed by atoms with Gasteiger partial charge in [-0.3, -0.25) is 4.79 Å². The molecule has 3 aromatic rings. The summed E-state index contributed by atoms with van der Waals surface area (Å²) in [6.45, 7) is 3.28. The van der Waals surface area contributed by atoms with Gasteiger partial charge >= 0.3 is 0 Å². The molecule has 1 saturated heterocycles. The largest absolute Gasteiger partial charge is 0.490 e. The molecule has 0 spiro atoms. The number of halogens is 1. The first-order valence-corrected chi connectivity index (χ1v) is 9.18. The van der Waals surface area contributed by atoms with Crippen LogP contribution in [0.1, 0.15) is 29.0 Å². The van der Waals surface area contributed by atoms with Gasteiger partial charge in [-0.25, -0.2) is 0 Å². The first-order valence-electron chi connectivity index (χ1n) is 8.80. The Morgan fingerprint density at radius 2 is 1.96 bits per heavy atom. The molecule has 1 fully saturated rings. The molecule has 0 aliphatic carbocycles. The minimum absolute atomic E-state index is 0.0620. The van der Waals surface area contributed by atoms with Crippen LogP contribution in [0.2, 0.25) is 5.02 Å². The highest BCUT2D eigenvalue weighted by Gasteiger charge is 2.25. The van der Waals surface area contributed by atoms with Crippen LogP contribution in [0.15, 0.2) is 52.9 Å². The van der Waals surface area contributed by atoms with Crippen molar-refractivity contribution in [1.82, 2.24) is 4.90 Å². The van der Waals surface area contributed by atoms with Crippen LogP contribution >= 0.6 is 11.6 Å². The second-order valence-electron chi connectivity index (χ2n) is 6.68. The van der Waals surface area contributed by atoms with Gasteiger partial charge in [0.05, 0.1) is 0 Å². The van der Waals surface area contributed by atoms with Crippen molar-refractivity contribution in [2.45, 2.75) is 25.9 Å². The first-order chi connectivity index (χ1) is 12.6. The summed E-state index contributed by atoms with van der Waals surface area (Å²) >= 11 is 6.00. The van der Waals surface area contributed by atoms with Gasteiger partial charge in [-0.05, 0) is 49.4 Å². The van der Waals surface area contributed by atoms with Gasteiger partial charge in [0.15, 0.2) is 0 Å². The minimum atomic E-state index is 0.0620. The maximum Gasteiger partial charge on any atom is 0.253 e. The normalized spacial score (nSPS) is 15.4. The number of hydrogen-bond donors (Lipinski definition) is 0. The average molecular weight is 370 g/mol. The number of rotatable bonds is 3. The second kappa shape index (κ2) is 7.04. The van der Waals surface area contributed by atoms with Crippen LogP contribution in [0.4, 0.5) is 0 Å². The van der Waals surface area contributed by atoms with Gasteiger partial charge in [0.2, 0.25) is 0 Å². The number of fused-ring (bicyclic) bond motifs is 1. The van der Waals surface area contributed by atoms with Crippen LogP contribution < -0.4 is 4.74 Å². The number of hydrogen-bond acceptors (Lipinski definition) is 3. The third-order valence-corrected chi connectivity index (χ3v) is 4.95. The van der Waals surface area contributed by atoms with E-state index in [2.05, 4.69) is 0 Å². The van der Waals surface area contributed by atoms with Crippen molar-refractivity contribution in [3.05, 3.63) is 64.9 Å². The molecule has 1 aliphatic heterocycles. The number of benzene rings is 2. The molecule has 0 saturated carbocycles. The fraction of sp³-hybridized carbons (Fsp3) is 0.286. The van der Waals surface area contributed by atoms with E-state index in [4.69, 9.17) is 20.8 Å². The predicted molar refractivity (Wildman–Crippen MR) is 102 cm³/mol. The van der Waals surface area contributed by atoms with Crippen molar-refractivity contribution in [2.24, 2.45) is 0 Å². The Labute approximate surface area is 157 Å². The Morgan fingerprint density at radius 3 is 2.73 bits per heavy atom. The fourth-order valence-electron chi connectivity index (χ4n) is 3.40. The average Bonchev–Trinajstić information content (AvgIpc) is 3.01. The molecule has 5 heteroatoms. The Balaban J connectivity index is 1.39. The number of furan rings is 1. The predicted octanol–water partition coefficient (Wildman–Crippen LogP) is 5.08. The lowest BCUT2D eigenvalue weighted by molar-refractivity contribution is 0.0596. The van der Waals surface area contributed by atoms with Crippen molar-refractivity contribution >= 4 is 28.5 Å². The highest BCUT2D eigenvalue weighted by molar-refractivity contribution is 6.30. The van der Waals surface area contributed by atoms with E-state index < -0.39 is 0 Å². The molecule has 1 aliphatic rings.